The quantitative estimate of drug-likeness (QED) is 0.782. The third kappa shape index (κ3) is 3.79. The van der Waals surface area contributed by atoms with E-state index in [4.69, 9.17) is 0 Å². The van der Waals surface area contributed by atoms with Gasteiger partial charge in [-0.05, 0) is 50.1 Å². The summed E-state index contributed by atoms with van der Waals surface area (Å²) in [6.45, 7) is 2.12. The van der Waals surface area contributed by atoms with Crippen LogP contribution in [0.4, 0.5) is 0 Å². The van der Waals surface area contributed by atoms with Crippen LogP contribution in [0.1, 0.15) is 37.9 Å². The number of nitrogens with one attached hydrogen (secondary N) is 1. The number of hydrogen-bond donors (Lipinski definition) is 2. The number of hydrogen-bond acceptors (Lipinski definition) is 6. The molecule has 1 aliphatic carbocycles. The number of H-pyrrole nitrogens is 1. The third-order valence-corrected chi connectivity index (χ3v) is 6.62. The fourth-order valence-corrected chi connectivity index (χ4v) is 4.85. The topological polar surface area (TPSA) is 89.5 Å². The second-order valence-electron chi connectivity index (χ2n) is 8.00. The first-order chi connectivity index (χ1) is 12.9. The molecule has 8 heteroatoms. The highest BCUT2D eigenvalue weighted by Gasteiger charge is 2.43. The molecule has 3 heterocycles. The average molecular weight is 391 g/mol. The predicted molar refractivity (Wildman–Crippen MR) is 105 cm³/mol. The monoisotopic (exact) mass is 390 g/mol. The van der Waals surface area contributed by atoms with Gasteiger partial charge in [-0.15, -0.1) is 11.3 Å². The molecule has 0 aromatic carbocycles. The van der Waals surface area contributed by atoms with Crippen molar-refractivity contribution < 1.29 is 9.90 Å². The van der Waals surface area contributed by atoms with Crippen LogP contribution in [0.5, 0.6) is 0 Å². The Morgan fingerprint density at radius 3 is 2.96 bits per heavy atom. The lowest BCUT2D eigenvalue weighted by Crippen LogP contribution is -2.59. The summed E-state index contributed by atoms with van der Waals surface area (Å²) in [5.74, 6) is 0.995. The summed E-state index contributed by atoms with van der Waals surface area (Å²) in [6.07, 6.45) is 4.92. The number of amides is 1. The highest BCUT2D eigenvalue weighted by atomic mass is 32.1. The molecular weight excluding hydrogens is 364 g/mol. The number of thiophene rings is 1. The Balaban J connectivity index is 1.43. The van der Waals surface area contributed by atoms with Crippen molar-refractivity contribution in [3.8, 4) is 0 Å². The Kier molecular flexibility index (Phi) is 5.05. The van der Waals surface area contributed by atoms with E-state index in [-0.39, 0.29) is 18.0 Å². The van der Waals surface area contributed by atoms with Crippen LogP contribution < -0.4 is 5.56 Å². The van der Waals surface area contributed by atoms with Crippen LogP contribution in [0.2, 0.25) is 0 Å². The van der Waals surface area contributed by atoms with Gasteiger partial charge in [-0.25, -0.2) is 4.98 Å². The second kappa shape index (κ2) is 7.33. The first-order valence-corrected chi connectivity index (χ1v) is 10.5. The van der Waals surface area contributed by atoms with E-state index in [0.29, 0.717) is 34.9 Å². The molecule has 2 aliphatic rings. The van der Waals surface area contributed by atoms with Crippen molar-refractivity contribution in [2.45, 2.75) is 44.2 Å². The highest BCUT2D eigenvalue weighted by molar-refractivity contribution is 7.17. The summed E-state index contributed by atoms with van der Waals surface area (Å²) in [6, 6.07) is 1.83. The van der Waals surface area contributed by atoms with Gasteiger partial charge in [-0.2, -0.15) is 0 Å². The summed E-state index contributed by atoms with van der Waals surface area (Å²) in [5, 5.41) is 12.9. The van der Waals surface area contributed by atoms with Gasteiger partial charge in [0.25, 0.3) is 11.5 Å². The van der Waals surface area contributed by atoms with E-state index >= 15 is 0 Å². The maximum Gasteiger partial charge on any atom is 0.268 e. The Bertz CT molecular complexity index is 890. The van der Waals surface area contributed by atoms with E-state index < -0.39 is 5.60 Å². The van der Waals surface area contributed by atoms with Gasteiger partial charge < -0.3 is 15.0 Å². The zero-order chi connectivity index (χ0) is 19.0. The summed E-state index contributed by atoms with van der Waals surface area (Å²) >= 11 is 1.37. The van der Waals surface area contributed by atoms with Gasteiger partial charge >= 0.3 is 0 Å². The number of likely N-dealkylation sites (N-methyl/N-ethyl adjacent to an activating group) is 1. The minimum Gasteiger partial charge on any atom is -0.379 e. The molecule has 1 aliphatic heterocycles. The van der Waals surface area contributed by atoms with Gasteiger partial charge in [-0.3, -0.25) is 14.5 Å². The van der Waals surface area contributed by atoms with Crippen LogP contribution in [0.15, 0.2) is 16.2 Å². The minimum atomic E-state index is -1.36. The van der Waals surface area contributed by atoms with Crippen LogP contribution in [-0.4, -0.2) is 63.1 Å². The summed E-state index contributed by atoms with van der Waals surface area (Å²) in [7, 11) is 1.84. The van der Waals surface area contributed by atoms with E-state index in [0.717, 1.165) is 19.5 Å². The fourth-order valence-electron chi connectivity index (χ4n) is 4.13. The Morgan fingerprint density at radius 2 is 2.22 bits per heavy atom. The number of carbonyl (C=O) groups is 1. The van der Waals surface area contributed by atoms with Crippen molar-refractivity contribution in [2.75, 3.05) is 26.7 Å². The number of aromatic amines is 1. The Hall–Kier alpha value is -1.77. The number of piperidine rings is 1. The van der Waals surface area contributed by atoms with E-state index in [1.807, 2.05) is 28.3 Å². The maximum absolute atomic E-state index is 12.9. The molecule has 1 amide bonds. The van der Waals surface area contributed by atoms with Crippen molar-refractivity contribution in [1.82, 2.24) is 19.8 Å². The van der Waals surface area contributed by atoms with Crippen LogP contribution in [0, 0.1) is 5.92 Å². The molecule has 1 saturated carbocycles. The van der Waals surface area contributed by atoms with Crippen molar-refractivity contribution in [2.24, 2.45) is 5.92 Å². The lowest BCUT2D eigenvalue weighted by molar-refractivity contribution is -0.160. The molecule has 2 N–H and O–H groups in total. The van der Waals surface area contributed by atoms with Gasteiger partial charge in [0.1, 0.15) is 10.5 Å². The SMILES string of the molecule is CN(Cc1nc2ccsc2c(=O)[nH]1)C[C@]1(O)CCCN(CC2CCC2)C1=O. The maximum atomic E-state index is 12.9. The number of likely N-dealkylation sites (tertiary alicyclic amines) is 1. The first kappa shape index (κ1) is 18.6. The van der Waals surface area contributed by atoms with E-state index in [1.54, 1.807) is 0 Å². The Morgan fingerprint density at radius 1 is 1.41 bits per heavy atom. The smallest absolute Gasteiger partial charge is 0.268 e. The molecule has 7 nitrogen and oxygen atoms in total. The van der Waals surface area contributed by atoms with Crippen LogP contribution in [0.3, 0.4) is 0 Å². The minimum absolute atomic E-state index is 0.141. The number of fused-ring (bicyclic) bond motifs is 1. The van der Waals surface area contributed by atoms with Gasteiger partial charge in [0.2, 0.25) is 0 Å². The number of aliphatic hydroxyl groups is 1. The van der Waals surface area contributed by atoms with Crippen LogP contribution in [0.25, 0.3) is 10.2 Å². The van der Waals surface area contributed by atoms with Crippen molar-refractivity contribution in [1.29, 1.82) is 0 Å². The van der Waals surface area contributed by atoms with Crippen molar-refractivity contribution in [3.63, 3.8) is 0 Å². The van der Waals surface area contributed by atoms with Gasteiger partial charge in [-0.1, -0.05) is 6.42 Å². The van der Waals surface area contributed by atoms with Crippen LogP contribution in [-0.2, 0) is 11.3 Å². The number of nitrogens with zero attached hydrogens (tertiary/aromatic N) is 3. The zero-order valence-electron chi connectivity index (χ0n) is 15.6. The first-order valence-electron chi connectivity index (χ1n) is 9.61. The number of aromatic nitrogens is 2. The lowest BCUT2D eigenvalue weighted by atomic mass is 9.83. The third-order valence-electron chi connectivity index (χ3n) is 5.72. The predicted octanol–water partition coefficient (Wildman–Crippen LogP) is 1.57. The molecule has 1 atom stereocenters. The molecule has 146 valence electrons. The zero-order valence-corrected chi connectivity index (χ0v) is 16.4. The normalized spacial score (nSPS) is 24.0. The summed E-state index contributed by atoms with van der Waals surface area (Å²) in [5.41, 5.74) is -0.812. The van der Waals surface area contributed by atoms with E-state index in [9.17, 15) is 14.7 Å². The van der Waals surface area contributed by atoms with Gasteiger partial charge in [0.05, 0.1) is 12.1 Å². The summed E-state index contributed by atoms with van der Waals surface area (Å²) < 4.78 is 0.620. The molecule has 2 fully saturated rings. The number of carbonyl (C=O) groups excluding carboxylic acids is 1. The van der Waals surface area contributed by atoms with Gasteiger partial charge in [0.15, 0.2) is 5.60 Å². The Labute approximate surface area is 162 Å². The van der Waals surface area contributed by atoms with Crippen LogP contribution >= 0.6 is 11.3 Å². The molecule has 27 heavy (non-hydrogen) atoms. The number of rotatable bonds is 6. The fraction of sp³-hybridized carbons (Fsp3) is 0.632. The molecule has 0 radical (unpaired) electrons. The largest absolute Gasteiger partial charge is 0.379 e. The molecule has 2 aromatic rings. The molecule has 1 saturated heterocycles. The van der Waals surface area contributed by atoms with Gasteiger partial charge in [0, 0.05) is 19.6 Å². The second-order valence-corrected chi connectivity index (χ2v) is 8.92. The lowest BCUT2D eigenvalue weighted by Gasteiger charge is -2.42. The highest BCUT2D eigenvalue weighted by Crippen LogP contribution is 2.30. The van der Waals surface area contributed by atoms with Crippen molar-refractivity contribution in [3.05, 3.63) is 27.6 Å². The molecule has 0 bridgehead atoms. The molecule has 2 aromatic heterocycles. The standard InChI is InChI=1S/C19H26N4O3S/c1-22(11-15-20-14-6-9-27-16(14)17(24)21-15)12-19(26)7-3-8-23(18(19)25)10-13-4-2-5-13/h6,9,13,26H,2-5,7-8,10-12H2,1H3,(H,20,21,24)/t19-/m1/s1. The van der Waals surface area contributed by atoms with Crippen molar-refractivity contribution >= 4 is 27.5 Å². The molecular formula is C19H26N4O3S. The molecule has 0 spiro atoms. The molecule has 4 rings (SSSR count). The van der Waals surface area contributed by atoms with E-state index in [1.165, 1.54) is 30.6 Å². The average Bonchev–Trinajstić information content (AvgIpc) is 3.03. The molecule has 0 unspecified atom stereocenters. The van der Waals surface area contributed by atoms with E-state index in [2.05, 4.69) is 9.97 Å². The summed E-state index contributed by atoms with van der Waals surface area (Å²) in [4.78, 5) is 36.0.